The van der Waals surface area contributed by atoms with Gasteiger partial charge < -0.3 is 18.9 Å². The van der Waals surface area contributed by atoms with E-state index in [1.54, 1.807) is 0 Å². The van der Waals surface area contributed by atoms with E-state index in [4.69, 9.17) is 18.9 Å². The van der Waals surface area contributed by atoms with E-state index in [1.807, 2.05) is 0 Å². The summed E-state index contributed by atoms with van der Waals surface area (Å²) in [6.07, 6.45) is -9.47. The molecule has 4 amide bonds. The molecule has 0 saturated carbocycles. The summed E-state index contributed by atoms with van der Waals surface area (Å²) in [7, 11) is -20.7. The Morgan fingerprint density at radius 2 is 0.384 bits per heavy atom. The predicted octanol–water partition coefficient (Wildman–Crippen LogP) is 21.4. The molecule has 17 rings (SSSR count). The van der Waals surface area contributed by atoms with Gasteiger partial charge >= 0.3 is 0 Å². The van der Waals surface area contributed by atoms with Crippen LogP contribution in [0.5, 0.6) is 46.0 Å². The van der Waals surface area contributed by atoms with Gasteiger partial charge in [0.2, 0.25) is 23.3 Å². The molecule has 4 N–H and O–H groups in total. The monoisotopic (exact) mass is 2010 g/mol. The number of halogens is 20. The van der Waals surface area contributed by atoms with Gasteiger partial charge in [0.05, 0.1) is 53.2 Å². The summed E-state index contributed by atoms with van der Waals surface area (Å²) in [5.41, 5.74) is -13.8. The van der Waals surface area contributed by atoms with Crippen molar-refractivity contribution in [2.45, 2.75) is 70.9 Å². The molecule has 0 aliphatic carbocycles. The highest BCUT2D eigenvalue weighted by molar-refractivity contribution is 7.86. The Morgan fingerprint density at radius 1 is 0.217 bits per heavy atom. The summed E-state index contributed by atoms with van der Waals surface area (Å²) < 4.78 is 476. The Kier molecular flexibility index (Phi) is 24.0. The highest BCUT2D eigenvalue weighted by Gasteiger charge is 2.46. The van der Waals surface area contributed by atoms with Gasteiger partial charge in [-0.05, 0) is 195 Å². The number of hydrogen-bond acceptors (Lipinski definition) is 16. The highest BCUT2D eigenvalue weighted by atomic mass is 32.2. The van der Waals surface area contributed by atoms with Crippen LogP contribution >= 0.6 is 0 Å². The van der Waals surface area contributed by atoms with E-state index >= 15 is 89.4 Å². The number of aryl methyl sites for hydroxylation is 4. The lowest BCUT2D eigenvalue weighted by molar-refractivity contribution is 0.0877. The summed E-state index contributed by atoms with van der Waals surface area (Å²) in [6.45, 7) is 0. The highest BCUT2D eigenvalue weighted by Crippen LogP contribution is 2.59. The first-order valence-corrected chi connectivity index (χ1v) is 45.1. The van der Waals surface area contributed by atoms with Crippen LogP contribution in [0.15, 0.2) is 177 Å². The maximum Gasteiger partial charge on any atom is 0.294 e. The van der Waals surface area contributed by atoms with Crippen molar-refractivity contribution < 1.29 is 178 Å². The smallest absolute Gasteiger partial charge is 0.294 e. The fraction of sp³-hybridized carbons (Fsp3) is 0.0870. The number of carbonyl (C=O) groups is 4. The summed E-state index contributed by atoms with van der Waals surface area (Å²) in [6, 6.07) is 21.5. The van der Waals surface area contributed by atoms with Gasteiger partial charge in [0.1, 0.15) is 46.0 Å². The Hall–Kier alpha value is -14.7. The van der Waals surface area contributed by atoms with Crippen molar-refractivity contribution in [1.82, 2.24) is 0 Å². The molecule has 0 fully saturated rings. The second-order valence-electron chi connectivity index (χ2n) is 30.8. The van der Waals surface area contributed by atoms with Crippen molar-refractivity contribution in [3.63, 3.8) is 0 Å². The van der Waals surface area contributed by atoms with Crippen LogP contribution in [0.1, 0.15) is 85.9 Å². The van der Waals surface area contributed by atoms with Gasteiger partial charge in [-0.2, -0.15) is 33.7 Å². The lowest BCUT2D eigenvalue weighted by atomic mass is 9.80. The molecule has 22 nitrogen and oxygen atoms in total. The second-order valence-corrected chi connectivity index (χ2v) is 36.5. The van der Waals surface area contributed by atoms with Crippen LogP contribution in [0.4, 0.5) is 99.2 Å². The summed E-state index contributed by atoms with van der Waals surface area (Å²) in [4.78, 5) is 64.4. The normalized spacial score (nSPS) is 13.1. The van der Waals surface area contributed by atoms with Crippen LogP contribution in [0.3, 0.4) is 0 Å². The quantitative estimate of drug-likeness (QED) is 0.00744. The lowest BCUT2D eigenvalue weighted by Crippen LogP contribution is -2.42. The Bertz CT molecular complexity index is 7360. The van der Waals surface area contributed by atoms with Crippen molar-refractivity contribution in [2.24, 2.45) is 0 Å². The number of imide groups is 2. The molecule has 15 aromatic carbocycles. The molecule has 2 aliphatic rings. The molecule has 708 valence electrons. The molecular weight excluding hydrogens is 1960 g/mol. The van der Waals surface area contributed by atoms with Crippen LogP contribution in [0.2, 0.25) is 0 Å². The number of nitrogens with zero attached hydrogens (tertiary/aromatic N) is 2. The third-order valence-corrected chi connectivity index (χ3v) is 26.4. The van der Waals surface area contributed by atoms with E-state index in [1.165, 1.54) is 0 Å². The minimum Gasteiger partial charge on any atom is -0.457 e. The number of anilines is 2. The van der Waals surface area contributed by atoms with Crippen LogP contribution in [0.25, 0.3) is 43.1 Å². The number of rotatable bonds is 26. The minimum atomic E-state index is -5.18. The average molecular weight is 2010 g/mol. The van der Waals surface area contributed by atoms with E-state index in [9.17, 15) is 69.4 Å². The zero-order chi connectivity index (χ0) is 99.5. The van der Waals surface area contributed by atoms with E-state index in [-0.39, 0.29) is 9.80 Å². The van der Waals surface area contributed by atoms with Gasteiger partial charge in [-0.1, -0.05) is 36.4 Å². The number of carbonyl (C=O) groups excluding carboxylic acids is 4. The van der Waals surface area contributed by atoms with Crippen molar-refractivity contribution in [3.8, 4) is 46.0 Å². The molecule has 0 bridgehead atoms. The third-order valence-electron chi connectivity index (χ3n) is 22.9. The molecule has 138 heavy (non-hydrogen) atoms. The molecule has 0 saturated heterocycles. The Balaban J connectivity index is 1.02. The van der Waals surface area contributed by atoms with Gasteiger partial charge in [0.15, 0.2) is 93.1 Å². The zero-order valence-electron chi connectivity index (χ0n) is 68.1. The first-order valence-electron chi connectivity index (χ1n) is 39.4. The molecule has 0 aromatic heterocycles. The fourth-order valence-electron chi connectivity index (χ4n) is 16.7. The van der Waals surface area contributed by atoms with Gasteiger partial charge in [-0.15, -0.1) is 0 Å². The van der Waals surface area contributed by atoms with E-state index in [2.05, 4.69) is 0 Å². The van der Waals surface area contributed by atoms with Gasteiger partial charge in [-0.3, -0.25) is 37.4 Å². The fourth-order valence-corrected chi connectivity index (χ4v) is 18.6. The maximum atomic E-state index is 16.9. The Labute approximate surface area is 760 Å². The number of para-hydroxylation sites is 2. The van der Waals surface area contributed by atoms with Crippen molar-refractivity contribution in [3.05, 3.63) is 341 Å². The topological polar surface area (TPSA) is 329 Å². The molecule has 0 unspecified atom stereocenters. The maximum absolute atomic E-state index is 16.9. The number of hydrogen-bond donors (Lipinski definition) is 4. The SMILES string of the molecule is O=C1c2cc(Oc3ccc(S(=O)(=O)O)cc3)c3c4c(Oc5ccc(S(=O)(=O)O)cc5)cc5c6c(cc(Oc7ccc(S(=O)(=O)O)cc7)c(c7c(Oc8ccc(S(=O)(=O)O)cc8)cc(c2c37)C(=O)N1c1c(CCc2c(F)c(F)c(F)c(F)c2F)cccc1CCc1c(F)c(F)c(F)c(F)c1F)c64)C(=O)N(c1c(CCc2c(F)c(F)c(F)c(F)c2F)cccc1CCc1c(F)c(F)c(F)c(F)c1F)C5=O. The number of amides is 4. The molecular formula is C92H46F20N2O20S4. The second kappa shape index (κ2) is 34.8. The summed E-state index contributed by atoms with van der Waals surface area (Å²) in [5, 5.41) is -5.43. The van der Waals surface area contributed by atoms with Crippen LogP contribution < -0.4 is 28.7 Å². The van der Waals surface area contributed by atoms with Crippen LogP contribution in [-0.2, 0) is 91.8 Å². The largest absolute Gasteiger partial charge is 0.457 e. The molecule has 46 heteroatoms. The molecule has 0 spiro atoms. The lowest BCUT2D eigenvalue weighted by Gasteiger charge is -2.34. The molecule has 0 radical (unpaired) electrons. The number of benzene rings is 15. The molecule has 0 atom stereocenters. The van der Waals surface area contributed by atoms with Gasteiger partial charge in [0, 0.05) is 65.3 Å². The third kappa shape index (κ3) is 16.2. The molecule has 2 aliphatic heterocycles. The van der Waals surface area contributed by atoms with E-state index in [0.717, 1.165) is 158 Å². The Morgan fingerprint density at radius 3 is 0.551 bits per heavy atom. The first kappa shape index (κ1) is 95.1. The molecule has 2 heterocycles. The average Bonchev–Trinajstić information content (AvgIpc) is 0.667. The predicted molar refractivity (Wildman–Crippen MR) is 443 cm³/mol. The van der Waals surface area contributed by atoms with Gasteiger partial charge in [-0.25, -0.2) is 97.6 Å². The van der Waals surface area contributed by atoms with Crippen molar-refractivity contribution in [2.75, 3.05) is 9.80 Å². The van der Waals surface area contributed by atoms with E-state index in [0.29, 0.717) is 0 Å². The zero-order valence-corrected chi connectivity index (χ0v) is 71.3. The van der Waals surface area contributed by atoms with Crippen molar-refractivity contribution >= 4 is 119 Å². The van der Waals surface area contributed by atoms with Crippen LogP contribution in [0, 0.1) is 116 Å². The van der Waals surface area contributed by atoms with E-state index < -0.39 is 419 Å². The first-order chi connectivity index (χ1) is 65.0. The standard InChI is InChI=1S/C92H46F20N2O20S4/c93-67-47(68(94)76(102)83(109)75(67)101)27-7-35-3-1-4-36(8-28-48-69(95)77(103)84(110)78(104)70(48)96)87(35)113-89(115)51-31-55(131-39-11-19-43(20-12-39)135(119,120)121)61-63-57(133-41-15-23-45(24-16-41)137(125,126)127)33-53-60-54(92(118)114(91(53)117)88-37(9-29-49-71(97)79(105)85(111)80(106)72(49)98)5-2-6-38(88)10-30-50-73(99)81(107)86(112)82(108)74(50)100)34-58(134-42-17-25-46(26-18-42)138(128,129)130)64(66(60)63)62-56(32-52(90(113)116)59(51)65(61)62)132-40-13-21-44(22-14-40)136(122,123)124/h1-6,11-26,31-34H,7-10,27-30H2,(H,119,120,121)(H,122,123,124)(H,125,126,127)(H,128,129,130). The molecule has 15 aromatic rings. The number of fused-ring (bicyclic) bond motifs is 2. The summed E-state index contributed by atoms with van der Waals surface area (Å²) >= 11 is 0. The van der Waals surface area contributed by atoms with Crippen molar-refractivity contribution in [1.29, 1.82) is 0 Å². The van der Waals surface area contributed by atoms with Crippen LogP contribution in [-0.4, -0.2) is 75.5 Å². The summed E-state index contributed by atoms with van der Waals surface area (Å²) in [5.74, 6) is -62.4. The minimum absolute atomic E-state index is 0.221. The number of ether oxygens (including phenoxy) is 4. The van der Waals surface area contributed by atoms with Gasteiger partial charge in [0.25, 0.3) is 64.1 Å².